The number of nitrogens with zero attached hydrogens (tertiary/aromatic N) is 10. The topological polar surface area (TPSA) is 215 Å². The number of piperidine rings is 2. The number of carboxylic acids is 1. The van der Waals surface area contributed by atoms with Crippen molar-refractivity contribution < 1.29 is 37.5 Å². The molecule has 0 unspecified atom stereocenters. The van der Waals surface area contributed by atoms with E-state index in [9.17, 15) is 37.5 Å². The number of aromatic carboxylic acids is 1. The molecular weight excluding hydrogens is 739 g/mol. The Labute approximate surface area is 317 Å². The third-order valence-electron chi connectivity index (χ3n) is 9.63. The van der Waals surface area contributed by atoms with Gasteiger partial charge in [-0.15, -0.1) is 0 Å². The lowest BCUT2D eigenvalue weighted by molar-refractivity contribution is -0.149. The first-order valence-electron chi connectivity index (χ1n) is 17.7. The number of urea groups is 2. The van der Waals surface area contributed by atoms with Crippen molar-refractivity contribution >= 4 is 58.6 Å². The normalized spacial score (nSPS) is 18.6. The van der Waals surface area contributed by atoms with Crippen LogP contribution in [0.25, 0.3) is 0 Å². The smallest absolute Gasteiger partial charge is 0.408 e. The van der Waals surface area contributed by atoms with E-state index in [1.54, 1.807) is 42.6 Å². The maximum atomic E-state index is 13.1. The van der Waals surface area contributed by atoms with Crippen LogP contribution in [-0.4, -0.2) is 109 Å². The number of aromatic nitrogens is 6. The number of halogens is 3. The number of hydrogen-bond donors (Lipinski definition) is 4. The molecule has 4 aliphatic heterocycles. The van der Waals surface area contributed by atoms with E-state index in [4.69, 9.17) is 0 Å². The largest absolute Gasteiger partial charge is 0.475 e. The molecule has 4 aliphatic rings. The Bertz CT molecular complexity index is 2110. The number of alkyl halides is 3. The van der Waals surface area contributed by atoms with Gasteiger partial charge < -0.3 is 20.2 Å². The zero-order valence-electron chi connectivity index (χ0n) is 29.8. The quantitative estimate of drug-likeness (QED) is 0.224. The second-order valence-electron chi connectivity index (χ2n) is 13.4. The zero-order chi connectivity index (χ0) is 39.6. The van der Waals surface area contributed by atoms with E-state index in [0.29, 0.717) is 41.9 Å². The Hall–Kier alpha value is -6.67. The second-order valence-corrected chi connectivity index (χ2v) is 13.4. The van der Waals surface area contributed by atoms with Crippen LogP contribution in [0.15, 0.2) is 61.2 Å². The van der Waals surface area contributed by atoms with Gasteiger partial charge in [-0.3, -0.25) is 25.2 Å². The number of rotatable bonds is 5. The van der Waals surface area contributed by atoms with Gasteiger partial charge in [0.05, 0.1) is 35.9 Å². The molecule has 0 saturated carbocycles. The highest BCUT2D eigenvalue weighted by molar-refractivity contribution is 6.05. The Kier molecular flexibility index (Phi) is 10.5. The van der Waals surface area contributed by atoms with Crippen LogP contribution in [0.4, 0.5) is 57.4 Å². The number of amides is 5. The molecule has 4 aromatic rings. The summed E-state index contributed by atoms with van der Waals surface area (Å²) < 4.78 is 38.4. The molecule has 8 rings (SSSR count). The van der Waals surface area contributed by atoms with Crippen molar-refractivity contribution in [3.05, 3.63) is 72.8 Å². The van der Waals surface area contributed by atoms with Crippen LogP contribution >= 0.6 is 0 Å². The number of carboxylic acid groups (broad SMARTS) is 1. The van der Waals surface area contributed by atoms with Crippen molar-refractivity contribution in [2.24, 2.45) is 0 Å². The lowest BCUT2D eigenvalue weighted by Crippen LogP contribution is -2.56. The molecule has 292 valence electrons. The van der Waals surface area contributed by atoms with E-state index in [0.717, 1.165) is 45.7 Å². The van der Waals surface area contributed by atoms with Crippen LogP contribution in [0.2, 0.25) is 0 Å². The van der Waals surface area contributed by atoms with E-state index in [-0.39, 0.29) is 29.8 Å². The van der Waals surface area contributed by atoms with Crippen molar-refractivity contribution in [2.45, 2.75) is 56.9 Å². The zero-order valence-corrected chi connectivity index (χ0v) is 29.8. The molecule has 0 aliphatic carbocycles. The summed E-state index contributed by atoms with van der Waals surface area (Å²) >= 11 is 0. The first-order valence-corrected chi connectivity index (χ1v) is 17.7. The molecule has 0 spiro atoms. The van der Waals surface area contributed by atoms with Crippen LogP contribution in [0.3, 0.4) is 0 Å². The number of nitrogens with one attached hydrogen (secondary N) is 3. The number of anilines is 6. The number of carbonyl (C=O) groups is 4. The average molecular weight is 776 g/mol. The molecule has 5 amide bonds. The lowest BCUT2D eigenvalue weighted by atomic mass is 10.0. The summed E-state index contributed by atoms with van der Waals surface area (Å²) in [5, 5.41) is 16.5. The molecular formula is C35H36F3N13O5. The minimum absolute atomic E-state index is 0.0680. The first-order chi connectivity index (χ1) is 26.9. The molecule has 0 radical (unpaired) electrons. The lowest BCUT2D eigenvalue weighted by Gasteiger charge is -2.45. The van der Waals surface area contributed by atoms with E-state index in [1.165, 1.54) is 28.4 Å². The molecule has 4 aromatic heterocycles. The van der Waals surface area contributed by atoms with E-state index in [2.05, 4.69) is 45.4 Å². The fourth-order valence-corrected chi connectivity index (χ4v) is 6.94. The predicted octanol–water partition coefficient (Wildman–Crippen LogP) is 4.16. The number of fused-ring (bicyclic) bond motifs is 8. The molecule has 0 aromatic carbocycles. The Morgan fingerprint density at radius 1 is 0.750 bits per heavy atom. The van der Waals surface area contributed by atoms with Crippen LogP contribution in [0, 0.1) is 0 Å². The van der Waals surface area contributed by atoms with Crippen molar-refractivity contribution in [3.63, 3.8) is 0 Å². The fraction of sp³-hybridized carbons (Fsp3) is 0.371. The molecule has 8 heterocycles. The van der Waals surface area contributed by atoms with Crippen LogP contribution in [0.5, 0.6) is 0 Å². The minimum atomic E-state index is -4.60. The van der Waals surface area contributed by atoms with Gasteiger partial charge in [0.15, 0.2) is 11.6 Å². The maximum absolute atomic E-state index is 13.1. The highest BCUT2D eigenvalue weighted by Crippen LogP contribution is 2.39. The van der Waals surface area contributed by atoms with Gasteiger partial charge in [0.25, 0.3) is 5.91 Å². The summed E-state index contributed by atoms with van der Waals surface area (Å²) in [5.41, 5.74) is 1.23. The number of hydrogen-bond acceptors (Lipinski definition) is 12. The highest BCUT2D eigenvalue weighted by Gasteiger charge is 2.42. The van der Waals surface area contributed by atoms with Crippen LogP contribution < -0.4 is 35.6 Å². The Balaban J connectivity index is 0.000000175. The maximum Gasteiger partial charge on any atom is 0.408 e. The van der Waals surface area contributed by atoms with Crippen LogP contribution in [0.1, 0.15) is 53.8 Å². The van der Waals surface area contributed by atoms with Crippen molar-refractivity contribution in [3.8, 4) is 0 Å². The molecule has 21 heteroatoms. The van der Waals surface area contributed by atoms with Gasteiger partial charge in [-0.1, -0.05) is 12.1 Å². The van der Waals surface area contributed by atoms with Crippen molar-refractivity contribution in [2.75, 3.05) is 56.4 Å². The van der Waals surface area contributed by atoms with Gasteiger partial charge in [0.1, 0.15) is 17.7 Å². The SMILES string of the molecule is C[C@@H](NC(=O)c1ncc2c(n1)N(C(=O)Nc1ccccn1)[C@H]1CCCN2C1)C(F)(F)F.O=C(O)c1ncc2c(n1)N(C(=O)Nc1ccccn1)[C@H]1CCCN2C1. The minimum Gasteiger partial charge on any atom is -0.475 e. The molecule has 3 atom stereocenters. The molecule has 4 N–H and O–H groups in total. The van der Waals surface area contributed by atoms with Gasteiger partial charge >= 0.3 is 24.2 Å². The molecule has 2 fully saturated rings. The summed E-state index contributed by atoms with van der Waals surface area (Å²) in [6.45, 7) is 3.66. The summed E-state index contributed by atoms with van der Waals surface area (Å²) in [7, 11) is 0. The Morgan fingerprint density at radius 3 is 1.68 bits per heavy atom. The summed E-state index contributed by atoms with van der Waals surface area (Å²) in [4.78, 5) is 80.9. The number of carbonyl (C=O) groups excluding carboxylic acids is 3. The Morgan fingerprint density at radius 2 is 1.23 bits per heavy atom. The third kappa shape index (κ3) is 7.91. The van der Waals surface area contributed by atoms with Crippen molar-refractivity contribution in [1.29, 1.82) is 0 Å². The molecule has 18 nitrogen and oxygen atoms in total. The third-order valence-corrected chi connectivity index (χ3v) is 9.63. The van der Waals surface area contributed by atoms with Gasteiger partial charge in [0, 0.05) is 38.6 Å². The molecule has 4 bridgehead atoms. The fourth-order valence-electron chi connectivity index (χ4n) is 6.94. The van der Waals surface area contributed by atoms with E-state index in [1.807, 2.05) is 10.2 Å². The van der Waals surface area contributed by atoms with E-state index >= 15 is 0 Å². The second kappa shape index (κ2) is 15.6. The molecule has 56 heavy (non-hydrogen) atoms. The van der Waals surface area contributed by atoms with Crippen LogP contribution in [-0.2, 0) is 0 Å². The summed E-state index contributed by atoms with van der Waals surface area (Å²) in [5.74, 6) is -1.76. The predicted molar refractivity (Wildman–Crippen MR) is 196 cm³/mol. The average Bonchev–Trinajstić information content (AvgIpc) is 3.18. The van der Waals surface area contributed by atoms with E-state index < -0.39 is 36.0 Å². The molecule has 2 saturated heterocycles. The van der Waals surface area contributed by atoms with Gasteiger partial charge in [-0.25, -0.2) is 44.3 Å². The highest BCUT2D eigenvalue weighted by atomic mass is 19.4. The monoisotopic (exact) mass is 775 g/mol. The van der Waals surface area contributed by atoms with Gasteiger partial charge in [0.2, 0.25) is 11.6 Å². The van der Waals surface area contributed by atoms with Crippen molar-refractivity contribution in [1.82, 2.24) is 35.2 Å². The first kappa shape index (κ1) is 37.6. The summed E-state index contributed by atoms with van der Waals surface area (Å²) in [6.07, 6.45) is 4.73. The summed E-state index contributed by atoms with van der Waals surface area (Å²) in [6, 6.07) is 7.11. The standard InChI is InChI=1S/C19H20F3N7O2.C16H16N6O3/c1-11(19(20,21)22)25-17(30)15-24-9-13-16(27-15)29(12-5-4-8-28(13)10-12)18(31)26-14-6-2-3-7-23-14;23-15(24)13-18-8-11-14(20-13)22(10-4-3-7-21(11)9-10)16(25)19-12-5-1-2-6-17-12/h2-3,6-7,9,11-12H,4-5,8,10H2,1H3,(H,25,30)(H,23,26,31);1-2,5-6,8,10H,3-4,7,9H2,(H,23,24)(H,17,19,25)/t11-,12+;10-/m10/s1. The van der Waals surface area contributed by atoms with Gasteiger partial charge in [-0.2, -0.15) is 13.2 Å². The van der Waals surface area contributed by atoms with Gasteiger partial charge in [-0.05, 0) is 56.9 Å². The number of pyridine rings is 2.